The Labute approximate surface area is 115 Å². The smallest absolute Gasteiger partial charge is 0.275 e. The van der Waals surface area contributed by atoms with Crippen molar-refractivity contribution in [2.45, 2.75) is 0 Å². The fraction of sp³-hybridized carbons (Fsp3) is 0.0769. The van der Waals surface area contributed by atoms with Gasteiger partial charge in [0.15, 0.2) is 0 Å². The molecule has 0 spiro atoms. The quantitative estimate of drug-likeness (QED) is 0.666. The van der Waals surface area contributed by atoms with E-state index in [2.05, 4.69) is 15.5 Å². The number of H-pyrrole nitrogens is 1. The number of amides is 1. The molecule has 0 bridgehead atoms. The summed E-state index contributed by atoms with van der Waals surface area (Å²) >= 11 is 5.85. The highest BCUT2D eigenvalue weighted by Crippen LogP contribution is 2.22. The number of carbonyl (C=O) groups excluding carboxylic acids is 1. The van der Waals surface area contributed by atoms with Crippen LogP contribution in [0.2, 0.25) is 5.02 Å². The minimum Gasteiger partial charge on any atom is -0.496 e. The Bertz CT molecular complexity index is 594. The predicted octanol–water partition coefficient (Wildman–Crippen LogP) is 2.44. The first-order chi connectivity index (χ1) is 9.20. The zero-order valence-electron chi connectivity index (χ0n) is 10.2. The van der Waals surface area contributed by atoms with Gasteiger partial charge >= 0.3 is 0 Å². The summed E-state index contributed by atoms with van der Waals surface area (Å²) in [5.41, 5.74) is 3.53. The van der Waals surface area contributed by atoms with E-state index in [0.29, 0.717) is 16.3 Å². The second-order valence-electron chi connectivity index (χ2n) is 3.67. The Morgan fingerprint density at radius 2 is 2.32 bits per heavy atom. The number of hydrogen-bond donors (Lipinski definition) is 2. The van der Waals surface area contributed by atoms with Crippen molar-refractivity contribution in [3.05, 3.63) is 52.8 Å². The van der Waals surface area contributed by atoms with E-state index >= 15 is 0 Å². The largest absolute Gasteiger partial charge is 0.496 e. The fourth-order valence-electron chi connectivity index (χ4n) is 1.50. The standard InChI is InChI=1S/C13H12ClN3O2/c1-19-12-5-4-9(14)7-11(12)13(18)17-16-8-10-3-2-6-15-10/h2-8,15H,1H3,(H,17,18)/b16-8+. The number of nitrogens with zero attached hydrogens (tertiary/aromatic N) is 1. The van der Waals surface area contributed by atoms with E-state index in [1.807, 2.05) is 12.1 Å². The molecule has 1 aromatic heterocycles. The summed E-state index contributed by atoms with van der Waals surface area (Å²) in [6, 6.07) is 8.48. The number of ether oxygens (including phenoxy) is 1. The highest BCUT2D eigenvalue weighted by atomic mass is 35.5. The number of carbonyl (C=O) groups is 1. The maximum absolute atomic E-state index is 11.9. The van der Waals surface area contributed by atoms with E-state index in [0.717, 1.165) is 5.69 Å². The molecule has 98 valence electrons. The van der Waals surface area contributed by atoms with Gasteiger partial charge in [-0.3, -0.25) is 4.79 Å². The third kappa shape index (κ3) is 3.35. The van der Waals surface area contributed by atoms with Gasteiger partial charge in [-0.1, -0.05) is 11.6 Å². The van der Waals surface area contributed by atoms with E-state index in [9.17, 15) is 4.79 Å². The van der Waals surface area contributed by atoms with Crippen molar-refractivity contribution in [3.8, 4) is 5.75 Å². The molecule has 1 aromatic carbocycles. The van der Waals surface area contributed by atoms with Crippen molar-refractivity contribution in [1.29, 1.82) is 0 Å². The molecule has 0 radical (unpaired) electrons. The Kier molecular flexibility index (Phi) is 4.20. The molecule has 0 unspecified atom stereocenters. The first-order valence-corrected chi connectivity index (χ1v) is 5.89. The van der Waals surface area contributed by atoms with Gasteiger partial charge in [-0.15, -0.1) is 0 Å². The molecule has 0 aliphatic heterocycles. The Balaban J connectivity index is 2.09. The molecule has 2 rings (SSSR count). The van der Waals surface area contributed by atoms with Crippen LogP contribution in [0.5, 0.6) is 5.75 Å². The van der Waals surface area contributed by atoms with Crippen molar-refractivity contribution in [2.75, 3.05) is 7.11 Å². The Morgan fingerprint density at radius 3 is 3.00 bits per heavy atom. The topological polar surface area (TPSA) is 66.5 Å². The summed E-state index contributed by atoms with van der Waals surface area (Å²) in [5.74, 6) is 0.0547. The Morgan fingerprint density at radius 1 is 1.47 bits per heavy atom. The highest BCUT2D eigenvalue weighted by molar-refractivity contribution is 6.31. The van der Waals surface area contributed by atoms with Gasteiger partial charge in [-0.05, 0) is 30.3 Å². The van der Waals surface area contributed by atoms with Crippen LogP contribution in [0, 0.1) is 0 Å². The van der Waals surface area contributed by atoms with Gasteiger partial charge in [0.25, 0.3) is 5.91 Å². The van der Waals surface area contributed by atoms with Gasteiger partial charge in [0, 0.05) is 11.2 Å². The SMILES string of the molecule is COc1ccc(Cl)cc1C(=O)N/N=C/c1ccc[nH]1. The number of methoxy groups -OCH3 is 1. The van der Waals surface area contributed by atoms with Crippen LogP contribution in [0.3, 0.4) is 0 Å². The van der Waals surface area contributed by atoms with Crippen LogP contribution < -0.4 is 10.2 Å². The van der Waals surface area contributed by atoms with Crippen LogP contribution in [0.15, 0.2) is 41.6 Å². The molecule has 2 N–H and O–H groups in total. The summed E-state index contributed by atoms with van der Waals surface area (Å²) in [4.78, 5) is 14.9. The number of aromatic amines is 1. The van der Waals surface area contributed by atoms with Crippen LogP contribution in [0.1, 0.15) is 16.1 Å². The third-order valence-electron chi connectivity index (χ3n) is 2.40. The summed E-state index contributed by atoms with van der Waals surface area (Å²) in [6.45, 7) is 0. The van der Waals surface area contributed by atoms with Gasteiger partial charge in [-0.2, -0.15) is 5.10 Å². The molecule has 0 aliphatic rings. The van der Waals surface area contributed by atoms with Crippen LogP contribution in [0.4, 0.5) is 0 Å². The molecule has 0 atom stereocenters. The average Bonchev–Trinajstić information content (AvgIpc) is 2.91. The molecule has 19 heavy (non-hydrogen) atoms. The number of halogens is 1. The number of rotatable bonds is 4. The van der Waals surface area contributed by atoms with Gasteiger partial charge in [0.05, 0.1) is 24.6 Å². The normalized spacial score (nSPS) is 10.6. The second-order valence-corrected chi connectivity index (χ2v) is 4.11. The number of nitrogens with one attached hydrogen (secondary N) is 2. The lowest BCUT2D eigenvalue weighted by atomic mass is 10.2. The zero-order valence-corrected chi connectivity index (χ0v) is 10.9. The van der Waals surface area contributed by atoms with Crippen LogP contribution in [-0.2, 0) is 0 Å². The van der Waals surface area contributed by atoms with Crippen LogP contribution in [0.25, 0.3) is 0 Å². The number of hydrogen-bond acceptors (Lipinski definition) is 3. The van der Waals surface area contributed by atoms with E-state index in [1.165, 1.54) is 19.4 Å². The van der Waals surface area contributed by atoms with Gasteiger partial charge in [0.1, 0.15) is 5.75 Å². The number of benzene rings is 1. The van der Waals surface area contributed by atoms with Crippen molar-refractivity contribution < 1.29 is 9.53 Å². The molecular formula is C13H12ClN3O2. The molecule has 0 saturated carbocycles. The molecule has 0 aliphatic carbocycles. The lowest BCUT2D eigenvalue weighted by Gasteiger charge is -2.06. The molecule has 1 heterocycles. The zero-order chi connectivity index (χ0) is 13.7. The van der Waals surface area contributed by atoms with E-state index in [1.54, 1.807) is 18.3 Å². The summed E-state index contributed by atoms with van der Waals surface area (Å²) < 4.78 is 5.10. The molecule has 0 saturated heterocycles. The molecule has 1 amide bonds. The van der Waals surface area contributed by atoms with Gasteiger partial charge in [-0.25, -0.2) is 5.43 Å². The minimum absolute atomic E-state index is 0.332. The van der Waals surface area contributed by atoms with Crippen molar-refractivity contribution in [2.24, 2.45) is 5.10 Å². The van der Waals surface area contributed by atoms with E-state index < -0.39 is 0 Å². The average molecular weight is 278 g/mol. The lowest BCUT2D eigenvalue weighted by molar-refractivity contribution is 0.0952. The van der Waals surface area contributed by atoms with Crippen molar-refractivity contribution >= 4 is 23.7 Å². The second kappa shape index (κ2) is 6.06. The molecule has 6 heteroatoms. The Hall–Kier alpha value is -2.27. The summed E-state index contributed by atoms with van der Waals surface area (Å²) in [7, 11) is 1.49. The van der Waals surface area contributed by atoms with E-state index in [-0.39, 0.29) is 5.91 Å². The van der Waals surface area contributed by atoms with Gasteiger partial charge < -0.3 is 9.72 Å². The van der Waals surface area contributed by atoms with Crippen molar-refractivity contribution in [3.63, 3.8) is 0 Å². The number of hydrazone groups is 1. The predicted molar refractivity (Wildman–Crippen MR) is 73.9 cm³/mol. The highest BCUT2D eigenvalue weighted by Gasteiger charge is 2.11. The monoisotopic (exact) mass is 277 g/mol. The minimum atomic E-state index is -0.387. The van der Waals surface area contributed by atoms with Crippen molar-refractivity contribution in [1.82, 2.24) is 10.4 Å². The fourth-order valence-corrected chi connectivity index (χ4v) is 1.67. The third-order valence-corrected chi connectivity index (χ3v) is 2.63. The lowest BCUT2D eigenvalue weighted by Crippen LogP contribution is -2.18. The van der Waals surface area contributed by atoms with E-state index in [4.69, 9.17) is 16.3 Å². The summed E-state index contributed by atoms with van der Waals surface area (Å²) in [5, 5.41) is 4.30. The van der Waals surface area contributed by atoms with Crippen LogP contribution >= 0.6 is 11.6 Å². The first kappa shape index (κ1) is 13.2. The molecule has 5 nitrogen and oxygen atoms in total. The maximum atomic E-state index is 11.9. The molecular weight excluding hydrogens is 266 g/mol. The van der Waals surface area contributed by atoms with Crippen LogP contribution in [-0.4, -0.2) is 24.2 Å². The molecule has 0 fully saturated rings. The van der Waals surface area contributed by atoms with Gasteiger partial charge in [0.2, 0.25) is 0 Å². The maximum Gasteiger partial charge on any atom is 0.275 e. The summed E-state index contributed by atoms with van der Waals surface area (Å²) in [6.07, 6.45) is 3.28. The first-order valence-electron chi connectivity index (χ1n) is 5.51. The molecule has 2 aromatic rings. The number of aromatic nitrogens is 1.